The molecule has 0 rings (SSSR count). The van der Waals surface area contributed by atoms with Gasteiger partial charge in [0, 0.05) is 0 Å². The molecule has 26 heavy (non-hydrogen) atoms. The molecule has 0 aliphatic carbocycles. The van der Waals surface area contributed by atoms with E-state index < -0.39 is 24.5 Å². The second-order valence-corrected chi connectivity index (χ2v) is 21.0. The SMILES string of the molecule is CCC[CH2][Sn]([CH2]CCC)([CH2]CCC)[C](/C=C/C#CC(C)O)=C/CN(C)C. The molecule has 0 bridgehead atoms. The summed E-state index contributed by atoms with van der Waals surface area (Å²) in [5, 5.41) is 9.39. The first kappa shape index (κ1) is 25.8. The summed E-state index contributed by atoms with van der Waals surface area (Å²) in [5.74, 6) is 5.89. The van der Waals surface area contributed by atoms with Crippen molar-refractivity contribution in [2.24, 2.45) is 0 Å². The van der Waals surface area contributed by atoms with E-state index in [-0.39, 0.29) is 0 Å². The topological polar surface area (TPSA) is 23.5 Å². The molecule has 0 fully saturated rings. The summed E-state index contributed by atoms with van der Waals surface area (Å²) in [6.45, 7) is 9.69. The van der Waals surface area contributed by atoms with Crippen LogP contribution < -0.4 is 0 Å². The molecule has 1 N–H and O–H groups in total. The van der Waals surface area contributed by atoms with Crippen LogP contribution in [0.3, 0.4) is 0 Å². The van der Waals surface area contributed by atoms with Gasteiger partial charge in [0.2, 0.25) is 0 Å². The number of hydrogen-bond acceptors (Lipinski definition) is 2. The Balaban J connectivity index is 5.82. The molecule has 0 aliphatic heterocycles. The standard InChI is InChI=1S/C11H16NO.3C4H9.Sn/c1-11(13)9-7-5-4-6-8-10-12(2)3;3*1-3-4-2;/h4-5,8,11,13H,10H2,1-3H3;3*1,3-4H2,2H3;/b5-4+,8-6?;;;;. The van der Waals surface area contributed by atoms with Crippen LogP contribution in [-0.2, 0) is 0 Å². The monoisotopic (exact) mass is 469 g/mol. The summed E-state index contributed by atoms with van der Waals surface area (Å²) in [5.41, 5.74) is 0. The van der Waals surface area contributed by atoms with Gasteiger partial charge in [0.1, 0.15) is 0 Å². The summed E-state index contributed by atoms with van der Waals surface area (Å²) >= 11 is -2.43. The van der Waals surface area contributed by atoms with Crippen LogP contribution in [0.2, 0.25) is 13.3 Å². The second kappa shape index (κ2) is 15.8. The minimum absolute atomic E-state index is 0.553. The molecule has 1 atom stereocenters. The second-order valence-electron chi connectivity index (χ2n) is 7.81. The summed E-state index contributed by atoms with van der Waals surface area (Å²) in [4.78, 5) is 2.26. The number of rotatable bonds is 13. The van der Waals surface area contributed by atoms with Crippen molar-refractivity contribution in [2.75, 3.05) is 20.6 Å². The molecule has 0 aliphatic rings. The number of nitrogens with zero attached hydrogens (tertiary/aromatic N) is 1. The van der Waals surface area contributed by atoms with Gasteiger partial charge in [-0.05, 0) is 0 Å². The van der Waals surface area contributed by atoms with Crippen LogP contribution in [0.15, 0.2) is 21.8 Å². The number of allylic oxidation sites excluding steroid dienone is 3. The van der Waals surface area contributed by atoms with E-state index in [0.29, 0.717) is 0 Å². The Labute approximate surface area is 168 Å². The Morgan fingerprint density at radius 3 is 1.88 bits per heavy atom. The molecular formula is C23H43NOSn. The van der Waals surface area contributed by atoms with Gasteiger partial charge in [-0.3, -0.25) is 0 Å². The molecular weight excluding hydrogens is 425 g/mol. The van der Waals surface area contributed by atoms with Gasteiger partial charge in [0.25, 0.3) is 0 Å². The fraction of sp³-hybridized carbons (Fsp3) is 0.739. The van der Waals surface area contributed by atoms with E-state index in [9.17, 15) is 5.11 Å². The number of unbranched alkanes of at least 4 members (excludes halogenated alkanes) is 3. The molecule has 0 saturated carbocycles. The molecule has 0 spiro atoms. The van der Waals surface area contributed by atoms with Crippen molar-refractivity contribution in [3.8, 4) is 11.8 Å². The summed E-state index contributed by atoms with van der Waals surface area (Å²) in [6, 6.07) is 0. The van der Waals surface area contributed by atoms with Crippen LogP contribution in [0.4, 0.5) is 0 Å². The van der Waals surface area contributed by atoms with Crippen LogP contribution in [0.25, 0.3) is 0 Å². The van der Waals surface area contributed by atoms with Crippen molar-refractivity contribution < 1.29 is 5.11 Å². The van der Waals surface area contributed by atoms with Crippen molar-refractivity contribution in [3.63, 3.8) is 0 Å². The molecule has 0 radical (unpaired) electrons. The summed E-state index contributed by atoms with van der Waals surface area (Å²) in [6.07, 6.45) is 14.2. The van der Waals surface area contributed by atoms with Gasteiger partial charge in [-0.15, -0.1) is 0 Å². The average molecular weight is 468 g/mol. The number of aliphatic hydroxyl groups is 1. The first-order chi connectivity index (χ1) is 12.4. The van der Waals surface area contributed by atoms with Gasteiger partial charge in [0.05, 0.1) is 0 Å². The van der Waals surface area contributed by atoms with Crippen molar-refractivity contribution in [2.45, 2.75) is 85.6 Å². The third-order valence-corrected chi connectivity index (χ3v) is 20.7. The van der Waals surface area contributed by atoms with Crippen LogP contribution in [0.5, 0.6) is 0 Å². The fourth-order valence-corrected chi connectivity index (χ4v) is 19.6. The van der Waals surface area contributed by atoms with E-state index in [0.717, 1.165) is 6.54 Å². The number of aliphatic hydroxyl groups excluding tert-OH is 1. The maximum absolute atomic E-state index is 9.39. The van der Waals surface area contributed by atoms with Crippen LogP contribution >= 0.6 is 0 Å². The predicted molar refractivity (Wildman–Crippen MR) is 120 cm³/mol. The van der Waals surface area contributed by atoms with Gasteiger partial charge >= 0.3 is 168 Å². The van der Waals surface area contributed by atoms with E-state index in [1.807, 2.05) is 6.08 Å². The van der Waals surface area contributed by atoms with Gasteiger partial charge in [-0.25, -0.2) is 0 Å². The summed E-state index contributed by atoms with van der Waals surface area (Å²) in [7, 11) is 4.29. The first-order valence-corrected chi connectivity index (χ1v) is 18.1. The Hall–Kier alpha value is -0.241. The van der Waals surface area contributed by atoms with Gasteiger partial charge in [-0.2, -0.15) is 0 Å². The van der Waals surface area contributed by atoms with E-state index in [1.165, 1.54) is 51.8 Å². The molecule has 0 saturated heterocycles. The molecule has 1 unspecified atom stereocenters. The van der Waals surface area contributed by atoms with Crippen molar-refractivity contribution in [1.82, 2.24) is 4.90 Å². The van der Waals surface area contributed by atoms with Crippen LogP contribution in [0.1, 0.15) is 66.2 Å². The number of likely N-dealkylation sites (N-methyl/N-ethyl adjacent to an activating group) is 1. The zero-order valence-corrected chi connectivity index (χ0v) is 21.1. The zero-order valence-electron chi connectivity index (χ0n) is 18.3. The fourth-order valence-electron chi connectivity index (χ4n) is 3.40. The molecule has 0 aromatic heterocycles. The molecule has 3 heteroatoms. The molecule has 0 aromatic carbocycles. The van der Waals surface area contributed by atoms with Crippen LogP contribution in [-0.4, -0.2) is 55.1 Å². The molecule has 0 heterocycles. The van der Waals surface area contributed by atoms with Crippen molar-refractivity contribution >= 4 is 18.4 Å². The minimum atomic E-state index is -2.43. The molecule has 150 valence electrons. The van der Waals surface area contributed by atoms with Gasteiger partial charge in [-0.1, -0.05) is 0 Å². The Kier molecular flexibility index (Phi) is 15.6. The third-order valence-electron chi connectivity index (χ3n) is 4.95. The van der Waals surface area contributed by atoms with E-state index in [4.69, 9.17) is 0 Å². The summed E-state index contributed by atoms with van der Waals surface area (Å²) < 4.78 is 6.07. The van der Waals surface area contributed by atoms with E-state index in [2.05, 4.69) is 63.8 Å². The Morgan fingerprint density at radius 2 is 1.50 bits per heavy atom. The zero-order chi connectivity index (χ0) is 19.8. The van der Waals surface area contributed by atoms with E-state index in [1.54, 1.807) is 10.5 Å². The molecule has 0 aromatic rings. The van der Waals surface area contributed by atoms with Gasteiger partial charge < -0.3 is 0 Å². The molecule has 0 amide bonds. The Bertz CT molecular complexity index is 447. The first-order valence-electron chi connectivity index (χ1n) is 10.6. The van der Waals surface area contributed by atoms with Gasteiger partial charge in [0.15, 0.2) is 0 Å². The molecule has 2 nitrogen and oxygen atoms in total. The normalized spacial score (nSPS) is 13.9. The van der Waals surface area contributed by atoms with Crippen LogP contribution in [0, 0.1) is 11.8 Å². The Morgan fingerprint density at radius 1 is 1.00 bits per heavy atom. The van der Waals surface area contributed by atoms with E-state index >= 15 is 0 Å². The maximum atomic E-state index is 9.39. The van der Waals surface area contributed by atoms with Crippen molar-refractivity contribution in [3.05, 3.63) is 21.8 Å². The van der Waals surface area contributed by atoms with Crippen molar-refractivity contribution in [1.29, 1.82) is 0 Å². The predicted octanol–water partition coefficient (Wildman–Crippen LogP) is 5.80. The quantitative estimate of drug-likeness (QED) is 0.210. The third kappa shape index (κ3) is 11.5. The average Bonchev–Trinajstić information content (AvgIpc) is 2.60. The number of hydrogen-bond donors (Lipinski definition) is 1.